The molecule has 0 radical (unpaired) electrons. The molecule has 6 heteroatoms. The lowest BCUT2D eigenvalue weighted by Gasteiger charge is -2.19. The van der Waals surface area contributed by atoms with Gasteiger partial charge in [-0.3, -0.25) is 0 Å². The molecule has 2 heterocycles. The average Bonchev–Trinajstić information content (AvgIpc) is 3.15. The van der Waals surface area contributed by atoms with E-state index in [2.05, 4.69) is 27.3 Å². The van der Waals surface area contributed by atoms with E-state index in [-0.39, 0.29) is 5.82 Å². The lowest BCUT2D eigenvalue weighted by Crippen LogP contribution is -2.23. The molecule has 1 saturated heterocycles. The number of halogens is 1. The summed E-state index contributed by atoms with van der Waals surface area (Å²) in [7, 11) is 0. The van der Waals surface area contributed by atoms with Crippen molar-refractivity contribution < 1.29 is 8.81 Å². The molecule has 0 aliphatic carbocycles. The maximum Gasteiger partial charge on any atom is 0.315 e. The maximum atomic E-state index is 13.8. The second kappa shape index (κ2) is 6.77. The van der Waals surface area contributed by atoms with Crippen molar-refractivity contribution in [2.45, 2.75) is 26.2 Å². The van der Waals surface area contributed by atoms with Crippen molar-refractivity contribution in [1.29, 1.82) is 0 Å². The van der Waals surface area contributed by atoms with Crippen molar-refractivity contribution in [2.75, 3.05) is 29.9 Å². The van der Waals surface area contributed by atoms with Gasteiger partial charge in [0, 0.05) is 26.1 Å². The standard InChI is InChI=1S/C16H21FN4O/c1-2-5-15-19-20-16(22-15)18-10-12-8-9-21(11-12)14-7-4-3-6-13(14)17/h3-4,6-7,12H,2,5,8-11H2,1H3,(H,18,20). The molecule has 0 amide bonds. The molecule has 1 aliphatic rings. The van der Waals surface area contributed by atoms with Crippen molar-refractivity contribution in [3.05, 3.63) is 36.0 Å². The van der Waals surface area contributed by atoms with Gasteiger partial charge in [-0.2, -0.15) is 0 Å². The number of nitrogens with zero attached hydrogens (tertiary/aromatic N) is 3. The number of hydrogen-bond acceptors (Lipinski definition) is 5. The lowest BCUT2D eigenvalue weighted by atomic mass is 10.1. The van der Waals surface area contributed by atoms with Gasteiger partial charge < -0.3 is 14.6 Å². The monoisotopic (exact) mass is 304 g/mol. The summed E-state index contributed by atoms with van der Waals surface area (Å²) in [5.74, 6) is 0.961. The highest BCUT2D eigenvalue weighted by Gasteiger charge is 2.24. The third kappa shape index (κ3) is 3.37. The van der Waals surface area contributed by atoms with E-state index < -0.39 is 0 Å². The van der Waals surface area contributed by atoms with Gasteiger partial charge in [0.1, 0.15) is 5.82 Å². The molecule has 1 atom stereocenters. The molecule has 0 saturated carbocycles. The Morgan fingerprint density at radius 2 is 2.23 bits per heavy atom. The van der Waals surface area contributed by atoms with E-state index in [1.54, 1.807) is 6.07 Å². The predicted molar refractivity (Wildman–Crippen MR) is 83.5 cm³/mol. The predicted octanol–water partition coefficient (Wildman–Crippen LogP) is 3.10. The highest BCUT2D eigenvalue weighted by molar-refractivity contribution is 5.48. The molecule has 1 aromatic heterocycles. The molecule has 1 aromatic carbocycles. The highest BCUT2D eigenvalue weighted by Crippen LogP contribution is 2.26. The largest absolute Gasteiger partial charge is 0.408 e. The van der Waals surface area contributed by atoms with Gasteiger partial charge in [-0.1, -0.05) is 24.2 Å². The minimum Gasteiger partial charge on any atom is -0.408 e. The zero-order chi connectivity index (χ0) is 15.4. The quantitative estimate of drug-likeness (QED) is 0.888. The Morgan fingerprint density at radius 1 is 1.36 bits per heavy atom. The Kier molecular flexibility index (Phi) is 4.56. The van der Waals surface area contributed by atoms with E-state index in [4.69, 9.17) is 4.42 Å². The summed E-state index contributed by atoms with van der Waals surface area (Å²) in [4.78, 5) is 2.10. The number of nitrogens with one attached hydrogen (secondary N) is 1. The van der Waals surface area contributed by atoms with Gasteiger partial charge in [0.25, 0.3) is 0 Å². The number of para-hydroxylation sites is 1. The minimum absolute atomic E-state index is 0.155. The van der Waals surface area contributed by atoms with Crippen LogP contribution in [0.1, 0.15) is 25.7 Å². The minimum atomic E-state index is -0.155. The summed E-state index contributed by atoms with van der Waals surface area (Å²) < 4.78 is 19.3. The van der Waals surface area contributed by atoms with Crippen LogP contribution in [0.4, 0.5) is 16.1 Å². The lowest BCUT2D eigenvalue weighted by molar-refractivity contribution is 0.495. The Labute approximate surface area is 129 Å². The van der Waals surface area contributed by atoms with E-state index in [0.29, 0.717) is 23.5 Å². The third-order valence-corrected chi connectivity index (χ3v) is 3.95. The Bertz CT molecular complexity index is 616. The summed E-state index contributed by atoms with van der Waals surface area (Å²) in [5, 5.41) is 11.2. The van der Waals surface area contributed by atoms with Crippen molar-refractivity contribution in [3.63, 3.8) is 0 Å². The topological polar surface area (TPSA) is 54.2 Å². The van der Waals surface area contributed by atoms with Gasteiger partial charge in [-0.25, -0.2) is 4.39 Å². The van der Waals surface area contributed by atoms with Crippen LogP contribution >= 0.6 is 0 Å². The molecule has 2 aromatic rings. The second-order valence-electron chi connectivity index (χ2n) is 5.68. The van der Waals surface area contributed by atoms with Gasteiger partial charge in [0.05, 0.1) is 5.69 Å². The number of hydrogen-bond donors (Lipinski definition) is 1. The van der Waals surface area contributed by atoms with Gasteiger partial charge in [-0.05, 0) is 30.9 Å². The summed E-state index contributed by atoms with van der Waals surface area (Å²) in [6.45, 7) is 4.55. The Hall–Kier alpha value is -2.11. The van der Waals surface area contributed by atoms with Crippen LogP contribution in [0.2, 0.25) is 0 Å². The smallest absolute Gasteiger partial charge is 0.315 e. The van der Waals surface area contributed by atoms with E-state index in [0.717, 1.165) is 38.9 Å². The van der Waals surface area contributed by atoms with Crippen LogP contribution in [0.5, 0.6) is 0 Å². The van der Waals surface area contributed by atoms with Crippen LogP contribution < -0.4 is 10.2 Å². The van der Waals surface area contributed by atoms with E-state index in [1.807, 2.05) is 12.1 Å². The van der Waals surface area contributed by atoms with Crippen LogP contribution in [-0.4, -0.2) is 29.8 Å². The van der Waals surface area contributed by atoms with Crippen LogP contribution in [0.3, 0.4) is 0 Å². The fourth-order valence-electron chi connectivity index (χ4n) is 2.80. The van der Waals surface area contributed by atoms with Gasteiger partial charge in [0.2, 0.25) is 5.89 Å². The van der Waals surface area contributed by atoms with E-state index in [1.165, 1.54) is 6.07 Å². The first-order valence-electron chi connectivity index (χ1n) is 7.82. The molecule has 22 heavy (non-hydrogen) atoms. The normalized spacial score (nSPS) is 17.9. The van der Waals surface area contributed by atoms with E-state index >= 15 is 0 Å². The SMILES string of the molecule is CCCc1nnc(NCC2CCN(c3ccccc3F)C2)o1. The van der Waals surface area contributed by atoms with Crippen molar-refractivity contribution in [3.8, 4) is 0 Å². The first kappa shape index (κ1) is 14.8. The second-order valence-corrected chi connectivity index (χ2v) is 5.68. The van der Waals surface area contributed by atoms with Crippen LogP contribution in [0.25, 0.3) is 0 Å². The molecule has 0 bridgehead atoms. The van der Waals surface area contributed by atoms with Crippen molar-refractivity contribution in [1.82, 2.24) is 10.2 Å². The summed E-state index contributed by atoms with van der Waals surface area (Å²) in [6.07, 6.45) is 2.82. The molecular weight excluding hydrogens is 283 g/mol. The molecule has 1 N–H and O–H groups in total. The molecule has 1 unspecified atom stereocenters. The van der Waals surface area contributed by atoms with Crippen molar-refractivity contribution in [2.24, 2.45) is 5.92 Å². The van der Waals surface area contributed by atoms with Crippen LogP contribution in [-0.2, 0) is 6.42 Å². The molecule has 5 nitrogen and oxygen atoms in total. The van der Waals surface area contributed by atoms with Crippen LogP contribution in [0, 0.1) is 11.7 Å². The molecule has 3 rings (SSSR count). The zero-order valence-corrected chi connectivity index (χ0v) is 12.8. The first-order chi connectivity index (χ1) is 10.8. The fourth-order valence-corrected chi connectivity index (χ4v) is 2.80. The van der Waals surface area contributed by atoms with Crippen LogP contribution in [0.15, 0.2) is 28.7 Å². The summed E-state index contributed by atoms with van der Waals surface area (Å²) in [5.41, 5.74) is 0.688. The zero-order valence-electron chi connectivity index (χ0n) is 12.8. The number of benzene rings is 1. The average molecular weight is 304 g/mol. The Morgan fingerprint density at radius 3 is 3.05 bits per heavy atom. The number of rotatable bonds is 6. The number of anilines is 2. The van der Waals surface area contributed by atoms with Gasteiger partial charge >= 0.3 is 6.01 Å². The molecule has 0 spiro atoms. The van der Waals surface area contributed by atoms with Crippen molar-refractivity contribution >= 4 is 11.7 Å². The number of aryl methyl sites for hydroxylation is 1. The summed E-state index contributed by atoms with van der Waals surface area (Å²) in [6, 6.07) is 7.41. The highest BCUT2D eigenvalue weighted by atomic mass is 19.1. The van der Waals surface area contributed by atoms with Gasteiger partial charge in [-0.15, -0.1) is 5.10 Å². The third-order valence-electron chi connectivity index (χ3n) is 3.95. The van der Waals surface area contributed by atoms with E-state index in [9.17, 15) is 4.39 Å². The molecule has 1 fully saturated rings. The molecule has 1 aliphatic heterocycles. The first-order valence-corrected chi connectivity index (χ1v) is 7.82. The number of aromatic nitrogens is 2. The maximum absolute atomic E-state index is 13.8. The van der Waals surface area contributed by atoms with Gasteiger partial charge in [0.15, 0.2) is 0 Å². The fraction of sp³-hybridized carbons (Fsp3) is 0.500. The molecular formula is C16H21FN4O. The molecule has 118 valence electrons. The summed E-state index contributed by atoms with van der Waals surface area (Å²) >= 11 is 0. The Balaban J connectivity index is 1.51.